The van der Waals surface area contributed by atoms with Crippen LogP contribution in [0.5, 0.6) is 5.75 Å². The normalized spacial score (nSPS) is 10.8. The van der Waals surface area contributed by atoms with E-state index in [4.69, 9.17) is 29.4 Å². The van der Waals surface area contributed by atoms with Gasteiger partial charge in [0, 0.05) is 107 Å². The van der Waals surface area contributed by atoms with Crippen molar-refractivity contribution >= 4 is 47.1 Å². The van der Waals surface area contributed by atoms with Crippen LogP contribution in [-0.4, -0.2) is 253 Å². The van der Waals surface area contributed by atoms with E-state index in [-0.39, 0.29) is 141 Å². The fraction of sp³-hybridized carbons (Fsp3) is 0.463. The van der Waals surface area contributed by atoms with Crippen LogP contribution in [-0.2, 0) is 96.5 Å². The van der Waals surface area contributed by atoms with Crippen LogP contribution in [0.25, 0.3) is 0 Å². The molecule has 0 fully saturated rings. The van der Waals surface area contributed by atoms with E-state index in [1.165, 1.54) is 50.5 Å². The van der Waals surface area contributed by atoms with Gasteiger partial charge in [-0.2, -0.15) is 0 Å². The monoisotopic (exact) mass is 1320 g/mol. The molecular weight excluding hydrogens is 1220 g/mol. The maximum atomic E-state index is 13.9. The number of nitrogens with zero attached hydrogens (tertiary/aromatic N) is 12. The number of benzene rings is 4. The third kappa shape index (κ3) is 30.5. The SMILES string of the molecule is COCCNCC(=O)N(CC(=O)N(CCCn1cc(COc2ccccc2)nn1)CC(=O)N(CCOC)CC(N)=O)Cc1ccccc1.COCCNCC(=O)N(CC(=O)N(CCCn1cc(Cc2ccccc2)nn1)CC(=O)N(CCOC)CC(C)=O)Cc1ccccc1. The number of methoxy groups -OCH3 is 4. The highest BCUT2D eigenvalue weighted by molar-refractivity contribution is 5.91. The number of primary amides is 1. The first kappa shape index (κ1) is 76.4. The Morgan fingerprint density at radius 1 is 0.442 bits per heavy atom. The Morgan fingerprint density at radius 2 is 0.821 bits per heavy atom. The van der Waals surface area contributed by atoms with E-state index in [1.807, 2.05) is 128 Å². The summed E-state index contributed by atoms with van der Waals surface area (Å²) >= 11 is 0. The predicted molar refractivity (Wildman–Crippen MR) is 352 cm³/mol. The summed E-state index contributed by atoms with van der Waals surface area (Å²) in [6.07, 6.45) is 5.21. The van der Waals surface area contributed by atoms with Crippen LogP contribution in [0.2, 0.25) is 0 Å². The Morgan fingerprint density at radius 3 is 1.24 bits per heavy atom. The summed E-state index contributed by atoms with van der Waals surface area (Å²) in [7, 11) is 6.15. The number of amides is 7. The highest BCUT2D eigenvalue weighted by atomic mass is 16.5. The summed E-state index contributed by atoms with van der Waals surface area (Å²) in [5.41, 5.74) is 9.70. The second kappa shape index (κ2) is 44.3. The van der Waals surface area contributed by atoms with E-state index in [9.17, 15) is 38.4 Å². The molecule has 6 rings (SSSR count). The Kier molecular flexibility index (Phi) is 35.6. The molecule has 0 bridgehead atoms. The minimum absolute atomic E-state index is 0.00836. The quantitative estimate of drug-likeness (QED) is 0.0458. The first-order valence-corrected chi connectivity index (χ1v) is 31.5. The van der Waals surface area contributed by atoms with E-state index in [0.717, 1.165) is 22.4 Å². The largest absolute Gasteiger partial charge is 0.487 e. The average Bonchev–Trinajstić information content (AvgIpc) is 2.13. The number of para-hydroxylation sites is 1. The predicted octanol–water partition coefficient (Wildman–Crippen LogP) is 1.72. The number of ketones is 1. The zero-order valence-corrected chi connectivity index (χ0v) is 55.3. The summed E-state index contributed by atoms with van der Waals surface area (Å²) < 4.78 is 29.4. The van der Waals surface area contributed by atoms with Gasteiger partial charge in [-0.15, -0.1) is 10.2 Å². The number of aromatic nitrogens is 6. The van der Waals surface area contributed by atoms with Crippen molar-refractivity contribution in [3.63, 3.8) is 0 Å². The highest BCUT2D eigenvalue weighted by Gasteiger charge is 2.28. The Labute approximate surface area is 555 Å². The molecule has 0 aliphatic rings. The number of aryl methyl sites for hydroxylation is 2. The molecule has 95 heavy (non-hydrogen) atoms. The van der Waals surface area contributed by atoms with Crippen LogP contribution in [0.1, 0.15) is 47.8 Å². The topological polar surface area (TPSA) is 314 Å². The molecule has 0 saturated carbocycles. The van der Waals surface area contributed by atoms with Crippen molar-refractivity contribution in [3.8, 4) is 5.75 Å². The van der Waals surface area contributed by atoms with Gasteiger partial charge in [0.2, 0.25) is 41.4 Å². The zero-order valence-electron chi connectivity index (χ0n) is 55.3. The van der Waals surface area contributed by atoms with Crippen molar-refractivity contribution in [1.82, 2.24) is 70.0 Å². The molecule has 2 aromatic heterocycles. The number of hydrogen-bond donors (Lipinski definition) is 3. The van der Waals surface area contributed by atoms with Crippen molar-refractivity contribution < 1.29 is 62.0 Å². The van der Waals surface area contributed by atoms with Gasteiger partial charge in [-0.25, -0.2) is 0 Å². The Hall–Kier alpha value is -9.32. The third-order valence-electron chi connectivity index (χ3n) is 14.4. The first-order chi connectivity index (χ1) is 46.1. The fourth-order valence-electron chi connectivity index (χ4n) is 9.48. The fourth-order valence-corrected chi connectivity index (χ4v) is 9.48. The molecule has 0 aliphatic heterocycles. The van der Waals surface area contributed by atoms with Crippen LogP contribution in [0.3, 0.4) is 0 Å². The van der Waals surface area contributed by atoms with Gasteiger partial charge < -0.3 is 69.5 Å². The van der Waals surface area contributed by atoms with Crippen molar-refractivity contribution in [3.05, 3.63) is 162 Å². The summed E-state index contributed by atoms with van der Waals surface area (Å²) in [6.45, 7) is 4.56. The minimum atomic E-state index is -0.684. The van der Waals surface area contributed by atoms with Crippen molar-refractivity contribution in [2.45, 2.75) is 59.0 Å². The molecule has 28 nitrogen and oxygen atoms in total. The number of ether oxygens (including phenoxy) is 5. The maximum absolute atomic E-state index is 13.9. The molecule has 7 amide bonds. The molecule has 0 aliphatic carbocycles. The van der Waals surface area contributed by atoms with Crippen molar-refractivity contribution in [2.75, 3.05) is 146 Å². The molecular formula is C67H93N15O13. The second-order valence-electron chi connectivity index (χ2n) is 22.1. The molecule has 0 spiro atoms. The molecule has 514 valence electrons. The van der Waals surface area contributed by atoms with Gasteiger partial charge in [0.1, 0.15) is 36.9 Å². The molecule has 0 unspecified atom stereocenters. The van der Waals surface area contributed by atoms with Gasteiger partial charge in [-0.1, -0.05) is 120 Å². The van der Waals surface area contributed by atoms with Crippen LogP contribution in [0.4, 0.5) is 0 Å². The third-order valence-corrected chi connectivity index (χ3v) is 14.4. The van der Waals surface area contributed by atoms with Gasteiger partial charge in [-0.05, 0) is 48.6 Å². The van der Waals surface area contributed by atoms with Crippen molar-refractivity contribution in [2.24, 2.45) is 5.73 Å². The number of carbonyl (C=O) groups is 8. The molecule has 0 atom stereocenters. The van der Waals surface area contributed by atoms with Gasteiger partial charge in [0.05, 0.1) is 77.6 Å². The van der Waals surface area contributed by atoms with Gasteiger partial charge in [-0.3, -0.25) is 47.7 Å². The molecule has 0 saturated heterocycles. The maximum Gasteiger partial charge on any atom is 0.242 e. The lowest BCUT2D eigenvalue weighted by Crippen LogP contribution is -2.50. The second-order valence-corrected chi connectivity index (χ2v) is 22.1. The smallest absolute Gasteiger partial charge is 0.242 e. The van der Waals surface area contributed by atoms with Crippen LogP contribution in [0, 0.1) is 0 Å². The zero-order chi connectivity index (χ0) is 68.4. The van der Waals surface area contributed by atoms with Gasteiger partial charge >= 0.3 is 0 Å². The minimum Gasteiger partial charge on any atom is -0.487 e. The molecule has 28 heteroatoms. The molecule has 4 aromatic carbocycles. The molecule has 4 N–H and O–H groups in total. The van der Waals surface area contributed by atoms with Crippen molar-refractivity contribution in [1.29, 1.82) is 0 Å². The number of nitrogens with one attached hydrogen (secondary N) is 2. The first-order valence-electron chi connectivity index (χ1n) is 31.5. The van der Waals surface area contributed by atoms with E-state index < -0.39 is 17.7 Å². The lowest BCUT2D eigenvalue weighted by Gasteiger charge is -2.30. The lowest BCUT2D eigenvalue weighted by atomic mass is 10.1. The standard InChI is InChI=1S/C34H47N7O6.C33H46N8O7/c1-28(42)23-39(18-20-47-3)33(44)26-38(16-10-17-41-25-31(36-37-41)21-29-11-6-4-7-12-29)34(45)27-40(24-30-13-8-5-9-14-30)32(43)22-35-15-19-46-2;1-46-18-14-35-20-31(43)40(21-27-10-5-3-6-11-27)25-33(45)38(24-32(44)39(17-19-47-2)23-30(34)42)15-9-16-41-22-28(36-37-41)26-48-29-12-7-4-8-13-29/h4-9,11-14,25,35H,10,15-24,26-27H2,1-3H3;3-8,10-13,22,35H,9,14-21,23-26H2,1-2H3,(H2,34,42). The summed E-state index contributed by atoms with van der Waals surface area (Å²) in [4.78, 5) is 113. The number of Topliss-reactive ketones (excluding diaryl/α,β-unsaturated/α-hetero) is 1. The van der Waals surface area contributed by atoms with Gasteiger partial charge in [0.15, 0.2) is 0 Å². The Bertz CT molecular complexity index is 3220. The number of rotatable bonds is 45. The highest BCUT2D eigenvalue weighted by Crippen LogP contribution is 2.14. The van der Waals surface area contributed by atoms with E-state index in [2.05, 4.69) is 31.3 Å². The van der Waals surface area contributed by atoms with Gasteiger partial charge in [0.25, 0.3) is 0 Å². The average molecular weight is 1320 g/mol. The summed E-state index contributed by atoms with van der Waals surface area (Å²) in [6, 6.07) is 38.1. The molecule has 2 heterocycles. The summed E-state index contributed by atoms with van der Waals surface area (Å²) in [5, 5.41) is 22.9. The van der Waals surface area contributed by atoms with E-state index >= 15 is 0 Å². The van der Waals surface area contributed by atoms with Crippen LogP contribution < -0.4 is 21.1 Å². The van der Waals surface area contributed by atoms with Crippen LogP contribution in [0.15, 0.2) is 134 Å². The number of hydrogen-bond acceptors (Lipinski definition) is 19. The number of carbonyl (C=O) groups excluding carboxylic acids is 8. The van der Waals surface area contributed by atoms with Crippen LogP contribution >= 0.6 is 0 Å². The molecule has 6 aromatic rings. The lowest BCUT2D eigenvalue weighted by molar-refractivity contribution is -0.145. The van der Waals surface area contributed by atoms with E-state index in [1.54, 1.807) is 29.8 Å². The number of nitrogens with two attached hydrogens (primary N) is 1. The Balaban J connectivity index is 0.000000344. The molecule has 0 radical (unpaired) electrons. The summed E-state index contributed by atoms with van der Waals surface area (Å²) in [5.74, 6) is -2.33. The van der Waals surface area contributed by atoms with E-state index in [0.29, 0.717) is 70.1 Å².